The number of rotatable bonds is 3. The van der Waals surface area contributed by atoms with Crippen molar-refractivity contribution in [1.82, 2.24) is 0 Å². The van der Waals surface area contributed by atoms with Gasteiger partial charge in [-0.1, -0.05) is 15.9 Å². The lowest BCUT2D eigenvalue weighted by atomic mass is 10.1. The number of nitrogens with zero attached hydrogens (tertiary/aromatic N) is 1. The molecule has 0 aliphatic carbocycles. The first-order chi connectivity index (χ1) is 9.51. The molecule has 1 N–H and O–H groups in total. The van der Waals surface area contributed by atoms with Gasteiger partial charge in [-0.25, -0.2) is 4.39 Å². The predicted octanol–water partition coefficient (Wildman–Crippen LogP) is 4.31. The summed E-state index contributed by atoms with van der Waals surface area (Å²) in [6.45, 7) is 1.62. The number of aliphatic hydroxyl groups is 1. The molecule has 0 heterocycles. The summed E-state index contributed by atoms with van der Waals surface area (Å²) < 4.78 is 19.9. The largest absolute Gasteiger partial charge is 0.457 e. The van der Waals surface area contributed by atoms with E-state index in [1.807, 2.05) is 0 Å². The molecule has 5 heteroatoms. The van der Waals surface area contributed by atoms with Crippen LogP contribution in [0.5, 0.6) is 11.5 Å². The van der Waals surface area contributed by atoms with Crippen molar-refractivity contribution in [2.45, 2.75) is 13.0 Å². The van der Waals surface area contributed by atoms with Crippen molar-refractivity contribution in [3.63, 3.8) is 0 Å². The molecule has 0 bridgehead atoms. The van der Waals surface area contributed by atoms with Crippen molar-refractivity contribution in [2.24, 2.45) is 0 Å². The third kappa shape index (κ3) is 3.16. The average molecular weight is 336 g/mol. The predicted molar refractivity (Wildman–Crippen MR) is 76.0 cm³/mol. The topological polar surface area (TPSA) is 53.2 Å². The van der Waals surface area contributed by atoms with Gasteiger partial charge < -0.3 is 9.84 Å². The zero-order valence-corrected chi connectivity index (χ0v) is 12.2. The normalized spacial score (nSPS) is 11.8. The van der Waals surface area contributed by atoms with Gasteiger partial charge in [0.2, 0.25) is 0 Å². The maximum atomic E-state index is 13.5. The fourth-order valence-corrected chi connectivity index (χ4v) is 2.09. The Morgan fingerprint density at radius 1 is 1.30 bits per heavy atom. The molecule has 0 aliphatic heterocycles. The minimum atomic E-state index is -0.717. The van der Waals surface area contributed by atoms with E-state index in [9.17, 15) is 9.50 Å². The molecule has 1 atom stereocenters. The van der Waals surface area contributed by atoms with Gasteiger partial charge in [0.1, 0.15) is 23.4 Å². The number of aliphatic hydroxyl groups excluding tert-OH is 1. The number of ether oxygens (including phenoxy) is 1. The molecular weight excluding hydrogens is 325 g/mol. The third-order valence-corrected chi connectivity index (χ3v) is 3.20. The second-order valence-corrected chi connectivity index (χ2v) is 5.13. The van der Waals surface area contributed by atoms with E-state index in [2.05, 4.69) is 15.9 Å². The van der Waals surface area contributed by atoms with Crippen LogP contribution in [-0.4, -0.2) is 5.11 Å². The van der Waals surface area contributed by atoms with Crippen LogP contribution in [0.4, 0.5) is 4.39 Å². The highest BCUT2D eigenvalue weighted by atomic mass is 79.9. The van der Waals surface area contributed by atoms with Gasteiger partial charge in [-0.2, -0.15) is 5.26 Å². The Kier molecular flexibility index (Phi) is 4.38. The molecule has 2 rings (SSSR count). The molecule has 2 aromatic rings. The Balaban J connectivity index is 2.35. The van der Waals surface area contributed by atoms with Crippen molar-refractivity contribution in [3.8, 4) is 17.6 Å². The summed E-state index contributed by atoms with van der Waals surface area (Å²) in [6, 6.07) is 10.9. The first-order valence-corrected chi connectivity index (χ1v) is 6.65. The molecule has 2 aromatic carbocycles. The fourth-order valence-electron chi connectivity index (χ4n) is 1.72. The second kappa shape index (κ2) is 6.04. The molecule has 1 unspecified atom stereocenters. The zero-order valence-electron chi connectivity index (χ0n) is 10.6. The maximum Gasteiger partial charge on any atom is 0.144 e. The minimum Gasteiger partial charge on any atom is -0.457 e. The molecule has 0 amide bonds. The van der Waals surface area contributed by atoms with Crippen LogP contribution in [0.2, 0.25) is 0 Å². The van der Waals surface area contributed by atoms with Gasteiger partial charge in [-0.05, 0) is 37.3 Å². The van der Waals surface area contributed by atoms with Gasteiger partial charge >= 0.3 is 0 Å². The lowest BCUT2D eigenvalue weighted by Gasteiger charge is -2.13. The van der Waals surface area contributed by atoms with E-state index in [-0.39, 0.29) is 11.3 Å². The highest BCUT2D eigenvalue weighted by Crippen LogP contribution is 2.32. The highest BCUT2D eigenvalue weighted by Gasteiger charge is 2.12. The summed E-state index contributed by atoms with van der Waals surface area (Å²) >= 11 is 3.32. The first kappa shape index (κ1) is 14.5. The van der Waals surface area contributed by atoms with E-state index >= 15 is 0 Å². The molecule has 0 spiro atoms. The Morgan fingerprint density at radius 3 is 2.65 bits per heavy atom. The smallest absolute Gasteiger partial charge is 0.144 e. The standard InChI is InChI=1S/C15H11BrFNO2/c1-9(19)13-6-11(16)3-5-15(13)20-12-4-2-10(8-18)14(17)7-12/h2-7,9,19H,1H3. The monoisotopic (exact) mass is 335 g/mol. The minimum absolute atomic E-state index is 0.0381. The number of nitriles is 1. The van der Waals surface area contributed by atoms with E-state index in [1.165, 1.54) is 12.1 Å². The fraction of sp³-hybridized carbons (Fsp3) is 0.133. The van der Waals surface area contributed by atoms with Crippen LogP contribution >= 0.6 is 15.9 Å². The quantitative estimate of drug-likeness (QED) is 0.909. The summed E-state index contributed by atoms with van der Waals surface area (Å²) in [6.07, 6.45) is -0.717. The maximum absolute atomic E-state index is 13.5. The molecule has 0 fully saturated rings. The van der Waals surface area contributed by atoms with Gasteiger partial charge in [0.25, 0.3) is 0 Å². The zero-order chi connectivity index (χ0) is 14.7. The van der Waals surface area contributed by atoms with Gasteiger partial charge in [-0.15, -0.1) is 0 Å². The summed E-state index contributed by atoms with van der Waals surface area (Å²) in [5, 5.41) is 18.4. The van der Waals surface area contributed by atoms with E-state index in [4.69, 9.17) is 10.00 Å². The molecule has 3 nitrogen and oxygen atoms in total. The van der Waals surface area contributed by atoms with Crippen LogP contribution < -0.4 is 4.74 Å². The average Bonchev–Trinajstić information content (AvgIpc) is 2.41. The second-order valence-electron chi connectivity index (χ2n) is 4.21. The molecular formula is C15H11BrFNO2. The van der Waals surface area contributed by atoms with Crippen molar-refractivity contribution in [1.29, 1.82) is 5.26 Å². The van der Waals surface area contributed by atoms with Crippen molar-refractivity contribution in [3.05, 3.63) is 57.8 Å². The van der Waals surface area contributed by atoms with E-state index in [0.717, 1.165) is 10.5 Å². The lowest BCUT2D eigenvalue weighted by molar-refractivity contribution is 0.195. The van der Waals surface area contributed by atoms with Crippen LogP contribution in [0.3, 0.4) is 0 Å². The molecule has 0 saturated heterocycles. The van der Waals surface area contributed by atoms with Crippen LogP contribution in [0.25, 0.3) is 0 Å². The summed E-state index contributed by atoms with van der Waals surface area (Å²) in [4.78, 5) is 0. The SMILES string of the molecule is CC(O)c1cc(Br)ccc1Oc1ccc(C#N)c(F)c1. The molecule has 0 radical (unpaired) electrons. The first-order valence-electron chi connectivity index (χ1n) is 5.86. The van der Waals surface area contributed by atoms with Gasteiger partial charge in [0.05, 0.1) is 11.7 Å². The summed E-state index contributed by atoms with van der Waals surface area (Å²) in [5.74, 6) is 0.0683. The van der Waals surface area contributed by atoms with E-state index < -0.39 is 11.9 Å². The van der Waals surface area contributed by atoms with E-state index in [1.54, 1.807) is 31.2 Å². The number of halogens is 2. The molecule has 0 saturated carbocycles. The Labute approximate surface area is 124 Å². The van der Waals surface area contributed by atoms with Crippen molar-refractivity contribution < 1.29 is 14.2 Å². The molecule has 20 heavy (non-hydrogen) atoms. The van der Waals surface area contributed by atoms with Crippen LogP contribution in [0.15, 0.2) is 40.9 Å². The highest BCUT2D eigenvalue weighted by molar-refractivity contribution is 9.10. The van der Waals surface area contributed by atoms with Gasteiger partial charge in [-0.3, -0.25) is 0 Å². The lowest BCUT2D eigenvalue weighted by Crippen LogP contribution is -1.97. The Morgan fingerprint density at radius 2 is 2.05 bits per heavy atom. The number of benzene rings is 2. The summed E-state index contributed by atoms with van der Waals surface area (Å²) in [7, 11) is 0. The van der Waals surface area contributed by atoms with Gasteiger partial charge in [0.15, 0.2) is 0 Å². The third-order valence-electron chi connectivity index (χ3n) is 2.71. The Hall–Kier alpha value is -1.90. The Bertz CT molecular complexity index is 680. The number of hydrogen-bond donors (Lipinski definition) is 1. The van der Waals surface area contributed by atoms with Gasteiger partial charge in [0, 0.05) is 16.1 Å². The van der Waals surface area contributed by atoms with Crippen molar-refractivity contribution in [2.75, 3.05) is 0 Å². The van der Waals surface area contributed by atoms with Crippen LogP contribution in [-0.2, 0) is 0 Å². The van der Waals surface area contributed by atoms with Crippen LogP contribution in [0.1, 0.15) is 24.2 Å². The molecule has 102 valence electrons. The summed E-state index contributed by atoms with van der Waals surface area (Å²) in [5.41, 5.74) is 0.549. The van der Waals surface area contributed by atoms with Crippen molar-refractivity contribution >= 4 is 15.9 Å². The molecule has 0 aliphatic rings. The van der Waals surface area contributed by atoms with E-state index in [0.29, 0.717) is 11.3 Å². The molecule has 0 aromatic heterocycles. The van der Waals surface area contributed by atoms with Crippen LogP contribution in [0, 0.1) is 17.1 Å². The number of hydrogen-bond acceptors (Lipinski definition) is 3.